The fourth-order valence-electron chi connectivity index (χ4n) is 1.72. The first-order valence-electron chi connectivity index (χ1n) is 7.19. The van der Waals surface area contributed by atoms with Gasteiger partial charge in [0.2, 0.25) is 0 Å². The van der Waals surface area contributed by atoms with Crippen LogP contribution in [0.15, 0.2) is 29.2 Å². The summed E-state index contributed by atoms with van der Waals surface area (Å²) >= 11 is 1.71. The molecule has 4 nitrogen and oxygen atoms in total. The van der Waals surface area contributed by atoms with Gasteiger partial charge in [-0.3, -0.25) is 0 Å². The minimum Gasteiger partial charge on any atom is -0.383 e. The molecule has 0 aliphatic heterocycles. The van der Waals surface area contributed by atoms with Crippen molar-refractivity contribution < 1.29 is 13.2 Å². The Hall–Kier alpha value is -0.560. The first kappa shape index (κ1) is 18.5. The van der Waals surface area contributed by atoms with E-state index in [-0.39, 0.29) is 11.5 Å². The third-order valence-electron chi connectivity index (χ3n) is 3.04. The van der Waals surface area contributed by atoms with Crippen molar-refractivity contribution in [1.29, 1.82) is 0 Å². The van der Waals surface area contributed by atoms with Crippen molar-refractivity contribution in [3.63, 3.8) is 0 Å². The van der Waals surface area contributed by atoms with Crippen molar-refractivity contribution in [3.8, 4) is 0 Å². The van der Waals surface area contributed by atoms with E-state index in [2.05, 4.69) is 29.6 Å². The quantitative estimate of drug-likeness (QED) is 0.498. The second-order valence-electron chi connectivity index (χ2n) is 4.75. The van der Waals surface area contributed by atoms with Gasteiger partial charge in [0, 0.05) is 30.8 Å². The lowest BCUT2D eigenvalue weighted by atomic mass is 10.2. The highest BCUT2D eigenvalue weighted by Crippen LogP contribution is 2.19. The zero-order chi connectivity index (χ0) is 15.6. The molecule has 0 radical (unpaired) electrons. The van der Waals surface area contributed by atoms with Gasteiger partial charge in [-0.15, -0.1) is 11.8 Å². The second kappa shape index (κ2) is 10.2. The Labute approximate surface area is 132 Å². The van der Waals surface area contributed by atoms with Crippen LogP contribution < -0.4 is 5.32 Å². The van der Waals surface area contributed by atoms with E-state index in [9.17, 15) is 8.42 Å². The fourth-order valence-corrected chi connectivity index (χ4v) is 3.63. The van der Waals surface area contributed by atoms with Crippen LogP contribution in [-0.2, 0) is 21.1 Å². The molecule has 0 atom stereocenters. The van der Waals surface area contributed by atoms with Crippen molar-refractivity contribution in [3.05, 3.63) is 29.8 Å². The number of benzene rings is 1. The third-order valence-corrected chi connectivity index (χ3v) is 5.93. The Balaban J connectivity index is 2.25. The molecule has 6 heteroatoms. The van der Waals surface area contributed by atoms with Crippen LogP contribution in [0.3, 0.4) is 0 Å². The lowest BCUT2D eigenvalue weighted by Gasteiger charge is -2.06. The first-order chi connectivity index (χ1) is 10.1. The standard InChI is InChI=1S/C15H25NO3S2/c1-3-21(17,18)12-4-11-20-15-7-5-14(6-8-15)13-16-9-10-19-2/h5-8,16H,3-4,9-13H2,1-2H3. The van der Waals surface area contributed by atoms with Gasteiger partial charge < -0.3 is 10.1 Å². The highest BCUT2D eigenvalue weighted by molar-refractivity contribution is 7.99. The molecule has 1 aromatic rings. The molecular formula is C15H25NO3S2. The Morgan fingerprint density at radius 2 is 1.95 bits per heavy atom. The van der Waals surface area contributed by atoms with Crippen molar-refractivity contribution in [2.75, 3.05) is 37.5 Å². The summed E-state index contributed by atoms with van der Waals surface area (Å²) in [6.07, 6.45) is 0.709. The fraction of sp³-hybridized carbons (Fsp3) is 0.600. The van der Waals surface area contributed by atoms with Gasteiger partial charge in [0.1, 0.15) is 9.84 Å². The Morgan fingerprint density at radius 1 is 1.24 bits per heavy atom. The Kier molecular flexibility index (Phi) is 8.99. The van der Waals surface area contributed by atoms with Gasteiger partial charge in [-0.2, -0.15) is 0 Å². The molecule has 0 fully saturated rings. The van der Waals surface area contributed by atoms with Crippen LogP contribution in [0.4, 0.5) is 0 Å². The lowest BCUT2D eigenvalue weighted by molar-refractivity contribution is 0.199. The van der Waals surface area contributed by atoms with Crippen LogP contribution in [-0.4, -0.2) is 45.9 Å². The number of rotatable bonds is 11. The molecule has 0 spiro atoms. The monoisotopic (exact) mass is 331 g/mol. The first-order valence-corrected chi connectivity index (χ1v) is 10.00. The van der Waals surface area contributed by atoms with E-state index < -0.39 is 9.84 Å². The number of hydrogen-bond donors (Lipinski definition) is 1. The summed E-state index contributed by atoms with van der Waals surface area (Å²) in [5, 5.41) is 3.30. The second-order valence-corrected chi connectivity index (χ2v) is 8.39. The molecule has 0 amide bonds. The third kappa shape index (κ3) is 8.46. The molecule has 0 aliphatic carbocycles. The van der Waals surface area contributed by atoms with Crippen LogP contribution in [0.2, 0.25) is 0 Å². The number of methoxy groups -OCH3 is 1. The minimum absolute atomic E-state index is 0.239. The number of nitrogens with one attached hydrogen (secondary N) is 1. The SMILES string of the molecule is CCS(=O)(=O)CCCSc1ccc(CNCCOC)cc1. The number of thioether (sulfide) groups is 1. The molecule has 0 heterocycles. The highest BCUT2D eigenvalue weighted by atomic mass is 32.2. The molecule has 0 unspecified atom stereocenters. The molecule has 1 N–H and O–H groups in total. The molecule has 0 aromatic heterocycles. The maximum absolute atomic E-state index is 11.4. The summed E-state index contributed by atoms with van der Waals surface area (Å²) in [7, 11) is -1.13. The number of hydrogen-bond acceptors (Lipinski definition) is 5. The minimum atomic E-state index is -2.83. The molecule has 120 valence electrons. The number of sulfone groups is 1. The van der Waals surface area contributed by atoms with Crippen LogP contribution in [0.25, 0.3) is 0 Å². The zero-order valence-corrected chi connectivity index (χ0v) is 14.4. The van der Waals surface area contributed by atoms with Crippen molar-refractivity contribution in [2.24, 2.45) is 0 Å². The molecule has 0 saturated heterocycles. The summed E-state index contributed by atoms with van der Waals surface area (Å²) in [6, 6.07) is 8.38. The number of ether oxygens (including phenoxy) is 1. The van der Waals surface area contributed by atoms with Gasteiger partial charge in [0.15, 0.2) is 0 Å². The van der Waals surface area contributed by atoms with E-state index in [1.807, 2.05) is 0 Å². The van der Waals surface area contributed by atoms with Gasteiger partial charge in [0.25, 0.3) is 0 Å². The van der Waals surface area contributed by atoms with Crippen LogP contribution in [0.5, 0.6) is 0 Å². The van der Waals surface area contributed by atoms with Crippen LogP contribution in [0.1, 0.15) is 18.9 Å². The average Bonchev–Trinajstić information content (AvgIpc) is 2.49. The van der Waals surface area contributed by atoms with E-state index in [4.69, 9.17) is 4.74 Å². The van der Waals surface area contributed by atoms with Gasteiger partial charge in [-0.05, 0) is 29.9 Å². The largest absolute Gasteiger partial charge is 0.383 e. The highest BCUT2D eigenvalue weighted by Gasteiger charge is 2.06. The summed E-state index contributed by atoms with van der Waals surface area (Å²) in [5.74, 6) is 1.37. The van der Waals surface area contributed by atoms with Crippen molar-refractivity contribution in [2.45, 2.75) is 24.8 Å². The van der Waals surface area contributed by atoms with Gasteiger partial charge in [0.05, 0.1) is 12.4 Å². The molecule has 1 aromatic carbocycles. The van der Waals surface area contributed by atoms with E-state index in [0.29, 0.717) is 13.0 Å². The lowest BCUT2D eigenvalue weighted by Crippen LogP contribution is -2.18. The molecule has 1 rings (SSSR count). The topological polar surface area (TPSA) is 55.4 Å². The summed E-state index contributed by atoms with van der Waals surface area (Å²) in [6.45, 7) is 4.10. The molecular weight excluding hydrogens is 306 g/mol. The van der Waals surface area contributed by atoms with Gasteiger partial charge >= 0.3 is 0 Å². The maximum atomic E-state index is 11.4. The molecule has 0 aliphatic rings. The predicted octanol–water partition coefficient (Wildman–Crippen LogP) is 2.34. The van der Waals surface area contributed by atoms with E-state index in [0.717, 1.165) is 18.8 Å². The summed E-state index contributed by atoms with van der Waals surface area (Å²) < 4.78 is 27.7. The molecule has 21 heavy (non-hydrogen) atoms. The van der Waals surface area contributed by atoms with Crippen molar-refractivity contribution in [1.82, 2.24) is 5.32 Å². The van der Waals surface area contributed by atoms with Crippen molar-refractivity contribution >= 4 is 21.6 Å². The maximum Gasteiger partial charge on any atom is 0.150 e. The van der Waals surface area contributed by atoms with E-state index in [1.54, 1.807) is 25.8 Å². The van der Waals surface area contributed by atoms with E-state index in [1.165, 1.54) is 10.5 Å². The van der Waals surface area contributed by atoms with Gasteiger partial charge in [-0.25, -0.2) is 8.42 Å². The normalized spacial score (nSPS) is 11.7. The van der Waals surface area contributed by atoms with E-state index >= 15 is 0 Å². The smallest absolute Gasteiger partial charge is 0.150 e. The van der Waals surface area contributed by atoms with Gasteiger partial charge in [-0.1, -0.05) is 19.1 Å². The van der Waals surface area contributed by atoms with Crippen LogP contribution >= 0.6 is 11.8 Å². The average molecular weight is 332 g/mol. The Bertz CT molecular complexity index is 486. The molecule has 0 saturated carbocycles. The zero-order valence-electron chi connectivity index (χ0n) is 12.8. The summed E-state index contributed by atoms with van der Waals surface area (Å²) in [5.41, 5.74) is 1.24. The summed E-state index contributed by atoms with van der Waals surface area (Å²) in [4.78, 5) is 1.18. The Morgan fingerprint density at radius 3 is 2.57 bits per heavy atom. The molecule has 0 bridgehead atoms. The predicted molar refractivity (Wildman–Crippen MR) is 89.7 cm³/mol. The van der Waals surface area contributed by atoms with Crippen LogP contribution in [0, 0.1) is 0 Å².